The average Bonchev–Trinajstić information content (AvgIpc) is 1.98. The number of hydrogen-bond donors (Lipinski definition) is 1. The fourth-order valence-corrected chi connectivity index (χ4v) is 0.752. The van der Waals surface area contributed by atoms with E-state index in [2.05, 4.69) is 34.7 Å². The Hall–Kier alpha value is -0.0800. The molecule has 2 N–H and O–H groups in total. The average molecular weight is 204 g/mol. The van der Waals surface area contributed by atoms with E-state index in [0.29, 0.717) is 4.83 Å². The van der Waals surface area contributed by atoms with Crippen LogP contribution in [0, 0.1) is 0 Å². The maximum Gasteiger partial charge on any atom is 0.0357 e. The van der Waals surface area contributed by atoms with Crippen molar-refractivity contribution in [1.82, 2.24) is 0 Å². The van der Waals surface area contributed by atoms with E-state index in [1.165, 1.54) is 0 Å². The molecule has 1 atom stereocenters. The molecule has 0 fully saturated rings. The lowest BCUT2D eigenvalue weighted by molar-refractivity contribution is 0.990. The van der Waals surface area contributed by atoms with Gasteiger partial charge in [-0.3, -0.25) is 0 Å². The van der Waals surface area contributed by atoms with Crippen molar-refractivity contribution in [2.45, 2.75) is 17.7 Å². The summed E-state index contributed by atoms with van der Waals surface area (Å²) in [5.41, 5.74) is 5.29. The van der Waals surface area contributed by atoms with Gasteiger partial charge in [0, 0.05) is 4.83 Å². The number of nitrogens with two attached hydrogens (primary N) is 1. The Morgan fingerprint density at radius 3 is 2.70 bits per heavy atom. The molecule has 0 amide bonds. The molecule has 1 nitrogen and oxygen atoms in total. The number of halogens is 1. The SMILES string of the molecule is C=CC(Br)C/C=C/CCN. The van der Waals surface area contributed by atoms with Gasteiger partial charge in [0.1, 0.15) is 0 Å². The zero-order valence-corrected chi connectivity index (χ0v) is 7.68. The van der Waals surface area contributed by atoms with Gasteiger partial charge in [0.15, 0.2) is 0 Å². The van der Waals surface area contributed by atoms with Crippen molar-refractivity contribution in [1.29, 1.82) is 0 Å². The Morgan fingerprint density at radius 1 is 1.50 bits per heavy atom. The molecule has 0 aliphatic rings. The minimum absolute atomic E-state index is 0.404. The maximum absolute atomic E-state index is 5.29. The second-order valence-corrected chi connectivity index (χ2v) is 3.21. The van der Waals surface area contributed by atoms with E-state index in [9.17, 15) is 0 Å². The zero-order valence-electron chi connectivity index (χ0n) is 6.09. The van der Waals surface area contributed by atoms with Gasteiger partial charge >= 0.3 is 0 Å². The molecule has 0 rings (SSSR count). The highest BCUT2D eigenvalue weighted by Gasteiger charge is 1.90. The van der Waals surface area contributed by atoms with Crippen LogP contribution in [-0.4, -0.2) is 11.4 Å². The van der Waals surface area contributed by atoms with Gasteiger partial charge in [-0.2, -0.15) is 0 Å². The molecule has 1 unspecified atom stereocenters. The molecule has 58 valence electrons. The molecule has 0 heterocycles. The third-order valence-corrected chi connectivity index (χ3v) is 1.86. The second-order valence-electron chi connectivity index (χ2n) is 2.04. The first-order chi connectivity index (χ1) is 4.81. The van der Waals surface area contributed by atoms with Crippen LogP contribution in [0.3, 0.4) is 0 Å². The Morgan fingerprint density at radius 2 is 2.20 bits per heavy atom. The van der Waals surface area contributed by atoms with Gasteiger partial charge < -0.3 is 5.73 Å². The lowest BCUT2D eigenvalue weighted by Gasteiger charge is -1.95. The van der Waals surface area contributed by atoms with Crippen molar-refractivity contribution in [3.05, 3.63) is 24.8 Å². The minimum Gasteiger partial charge on any atom is -0.330 e. The van der Waals surface area contributed by atoms with Crippen molar-refractivity contribution in [3.63, 3.8) is 0 Å². The molecule has 0 saturated heterocycles. The van der Waals surface area contributed by atoms with Crippen molar-refractivity contribution in [2.75, 3.05) is 6.54 Å². The third-order valence-electron chi connectivity index (χ3n) is 1.12. The smallest absolute Gasteiger partial charge is 0.0357 e. The molecule has 0 aromatic heterocycles. The molecular weight excluding hydrogens is 190 g/mol. The van der Waals surface area contributed by atoms with E-state index in [1.807, 2.05) is 6.08 Å². The monoisotopic (exact) mass is 203 g/mol. The van der Waals surface area contributed by atoms with Gasteiger partial charge in [0.2, 0.25) is 0 Å². The summed E-state index contributed by atoms with van der Waals surface area (Å²) in [5.74, 6) is 0. The van der Waals surface area contributed by atoms with Gasteiger partial charge in [-0.25, -0.2) is 0 Å². The van der Waals surface area contributed by atoms with Crippen molar-refractivity contribution in [3.8, 4) is 0 Å². The Bertz CT molecular complexity index is 110. The molecule has 0 radical (unpaired) electrons. The molecule has 10 heavy (non-hydrogen) atoms. The van der Waals surface area contributed by atoms with Crippen LogP contribution in [0.25, 0.3) is 0 Å². The van der Waals surface area contributed by atoms with Gasteiger partial charge in [0.05, 0.1) is 0 Å². The van der Waals surface area contributed by atoms with E-state index in [4.69, 9.17) is 5.73 Å². The lowest BCUT2D eigenvalue weighted by Crippen LogP contribution is -1.95. The third kappa shape index (κ3) is 6.05. The molecule has 0 aliphatic carbocycles. The molecule has 0 bridgehead atoms. The summed E-state index contributed by atoms with van der Waals surface area (Å²) in [4.78, 5) is 0.404. The predicted molar refractivity (Wildman–Crippen MR) is 50.3 cm³/mol. The molecule has 2 heteroatoms. The lowest BCUT2D eigenvalue weighted by atomic mass is 10.2. The summed E-state index contributed by atoms with van der Waals surface area (Å²) in [7, 11) is 0. The predicted octanol–water partition coefficient (Wildman–Crippen LogP) is 2.23. The summed E-state index contributed by atoms with van der Waals surface area (Å²) < 4.78 is 0. The summed E-state index contributed by atoms with van der Waals surface area (Å²) in [6, 6.07) is 0. The van der Waals surface area contributed by atoms with Crippen LogP contribution >= 0.6 is 15.9 Å². The zero-order chi connectivity index (χ0) is 7.82. The number of allylic oxidation sites excluding steroid dienone is 2. The highest BCUT2D eigenvalue weighted by Crippen LogP contribution is 2.06. The van der Waals surface area contributed by atoms with Crippen molar-refractivity contribution < 1.29 is 0 Å². The van der Waals surface area contributed by atoms with Crippen molar-refractivity contribution >= 4 is 15.9 Å². The van der Waals surface area contributed by atoms with Crippen LogP contribution in [0.1, 0.15) is 12.8 Å². The highest BCUT2D eigenvalue weighted by molar-refractivity contribution is 9.09. The number of rotatable bonds is 5. The highest BCUT2D eigenvalue weighted by atomic mass is 79.9. The normalized spacial score (nSPS) is 13.8. The van der Waals surface area contributed by atoms with Crippen LogP contribution in [0.5, 0.6) is 0 Å². The van der Waals surface area contributed by atoms with Crippen LogP contribution in [0.15, 0.2) is 24.8 Å². The van der Waals surface area contributed by atoms with Crippen LogP contribution < -0.4 is 5.73 Å². The Balaban J connectivity index is 3.24. The first-order valence-corrected chi connectivity index (χ1v) is 4.34. The van der Waals surface area contributed by atoms with E-state index in [-0.39, 0.29) is 0 Å². The van der Waals surface area contributed by atoms with Gasteiger partial charge in [-0.1, -0.05) is 34.2 Å². The maximum atomic E-state index is 5.29. The minimum atomic E-state index is 0.404. The van der Waals surface area contributed by atoms with Gasteiger partial charge in [-0.05, 0) is 19.4 Å². The fourth-order valence-electron chi connectivity index (χ4n) is 0.537. The van der Waals surface area contributed by atoms with E-state index in [1.54, 1.807) is 0 Å². The van der Waals surface area contributed by atoms with E-state index >= 15 is 0 Å². The van der Waals surface area contributed by atoms with Crippen LogP contribution in [0.4, 0.5) is 0 Å². The molecule has 0 aromatic rings. The van der Waals surface area contributed by atoms with Crippen LogP contribution in [-0.2, 0) is 0 Å². The van der Waals surface area contributed by atoms with Crippen LogP contribution in [0.2, 0.25) is 0 Å². The molecule has 0 saturated carbocycles. The topological polar surface area (TPSA) is 26.0 Å². The first kappa shape index (κ1) is 9.92. The van der Waals surface area contributed by atoms with E-state index in [0.717, 1.165) is 19.4 Å². The standard InChI is InChI=1S/C8H14BrN/c1-2-8(9)6-4-3-5-7-10/h2-4,8H,1,5-7,10H2/b4-3+. The number of hydrogen-bond acceptors (Lipinski definition) is 1. The molecule has 0 spiro atoms. The summed E-state index contributed by atoms with van der Waals surface area (Å²) in [5, 5.41) is 0. The largest absolute Gasteiger partial charge is 0.330 e. The summed E-state index contributed by atoms with van der Waals surface area (Å²) in [6.45, 7) is 4.39. The second kappa shape index (κ2) is 7.03. The fraction of sp³-hybridized carbons (Fsp3) is 0.500. The number of alkyl halides is 1. The Labute approximate surface area is 71.1 Å². The molecule has 0 aromatic carbocycles. The molecular formula is C8H14BrN. The Kier molecular flexibility index (Phi) is 6.98. The van der Waals surface area contributed by atoms with Gasteiger partial charge in [0.25, 0.3) is 0 Å². The summed E-state index contributed by atoms with van der Waals surface area (Å²) in [6.07, 6.45) is 8.07. The first-order valence-electron chi connectivity index (χ1n) is 3.43. The summed E-state index contributed by atoms with van der Waals surface area (Å²) >= 11 is 3.43. The quantitative estimate of drug-likeness (QED) is 0.539. The molecule has 0 aliphatic heterocycles. The van der Waals surface area contributed by atoms with Crippen molar-refractivity contribution in [2.24, 2.45) is 5.73 Å². The van der Waals surface area contributed by atoms with E-state index < -0.39 is 0 Å². The van der Waals surface area contributed by atoms with Gasteiger partial charge in [-0.15, -0.1) is 6.58 Å².